The summed E-state index contributed by atoms with van der Waals surface area (Å²) in [6.07, 6.45) is 6.69. The summed E-state index contributed by atoms with van der Waals surface area (Å²) in [7, 11) is 0. The molecule has 1 aliphatic rings. The van der Waals surface area contributed by atoms with Gasteiger partial charge in [-0.3, -0.25) is 9.69 Å². The molecule has 1 amide bonds. The number of hydrogen-bond donors (Lipinski definition) is 0. The van der Waals surface area contributed by atoms with Crippen LogP contribution in [-0.2, 0) is 4.79 Å². The highest BCUT2D eigenvalue weighted by Crippen LogP contribution is 2.32. The zero-order valence-corrected chi connectivity index (χ0v) is 14.9. The van der Waals surface area contributed by atoms with Crippen molar-refractivity contribution in [3.8, 4) is 0 Å². The summed E-state index contributed by atoms with van der Waals surface area (Å²) in [5, 5.41) is 0.748. The van der Waals surface area contributed by atoms with Crippen molar-refractivity contribution in [1.29, 1.82) is 0 Å². The summed E-state index contributed by atoms with van der Waals surface area (Å²) in [6.45, 7) is 2.74. The van der Waals surface area contributed by atoms with E-state index in [0.29, 0.717) is 11.4 Å². The van der Waals surface area contributed by atoms with Gasteiger partial charge in [0.15, 0.2) is 5.17 Å². The minimum absolute atomic E-state index is 0.0271. The molecule has 25 heavy (non-hydrogen) atoms. The van der Waals surface area contributed by atoms with Crippen LogP contribution in [0.25, 0.3) is 6.08 Å². The van der Waals surface area contributed by atoms with Crippen LogP contribution in [0, 0.1) is 0 Å². The molecule has 0 aliphatic carbocycles. The lowest BCUT2D eigenvalue weighted by Crippen LogP contribution is -2.29. The van der Waals surface area contributed by atoms with Crippen molar-refractivity contribution in [3.05, 3.63) is 83.3 Å². The Labute approximate surface area is 152 Å². The molecule has 2 aromatic rings. The van der Waals surface area contributed by atoms with Gasteiger partial charge in [0.25, 0.3) is 5.91 Å². The van der Waals surface area contributed by atoms with Crippen LogP contribution in [0.1, 0.15) is 18.9 Å². The topological polar surface area (TPSA) is 32.7 Å². The fourth-order valence-corrected chi connectivity index (χ4v) is 3.43. The monoisotopic (exact) mass is 348 g/mol. The molecule has 0 saturated carbocycles. The zero-order valence-electron chi connectivity index (χ0n) is 14.1. The van der Waals surface area contributed by atoms with Gasteiger partial charge in [0, 0.05) is 6.54 Å². The third kappa shape index (κ3) is 4.48. The lowest BCUT2D eigenvalue weighted by Gasteiger charge is -2.13. The Morgan fingerprint density at radius 2 is 1.72 bits per heavy atom. The van der Waals surface area contributed by atoms with E-state index in [1.165, 1.54) is 11.8 Å². The molecule has 1 saturated heterocycles. The molecule has 0 bridgehead atoms. The molecule has 2 aromatic carbocycles. The average molecular weight is 348 g/mol. The lowest BCUT2D eigenvalue weighted by atomic mass is 10.2. The van der Waals surface area contributed by atoms with Crippen molar-refractivity contribution >= 4 is 34.6 Å². The summed E-state index contributed by atoms with van der Waals surface area (Å²) >= 11 is 1.43. The Balaban J connectivity index is 1.82. The van der Waals surface area contributed by atoms with Gasteiger partial charge in [-0.2, -0.15) is 0 Å². The molecule has 1 fully saturated rings. The number of carbonyl (C=O) groups excluding carboxylic acids is 1. The SMILES string of the molecule is CCCN1C(=O)/C(=C\C=C\c2ccccc2)SC1=Nc1ccccc1. The van der Waals surface area contributed by atoms with E-state index in [0.717, 1.165) is 22.8 Å². The number of allylic oxidation sites excluding steroid dienone is 2. The summed E-state index contributed by atoms with van der Waals surface area (Å²) in [4.78, 5) is 19.8. The molecule has 3 nitrogen and oxygen atoms in total. The van der Waals surface area contributed by atoms with E-state index in [2.05, 4.69) is 11.9 Å². The van der Waals surface area contributed by atoms with Crippen molar-refractivity contribution in [2.24, 2.45) is 4.99 Å². The highest BCUT2D eigenvalue weighted by atomic mass is 32.2. The van der Waals surface area contributed by atoms with Crippen LogP contribution in [-0.4, -0.2) is 22.5 Å². The van der Waals surface area contributed by atoms with Crippen molar-refractivity contribution < 1.29 is 4.79 Å². The number of benzene rings is 2. The third-order valence-corrected chi connectivity index (χ3v) is 4.68. The summed E-state index contributed by atoms with van der Waals surface area (Å²) in [5.41, 5.74) is 1.97. The first-order chi connectivity index (χ1) is 12.3. The van der Waals surface area contributed by atoms with Crippen molar-refractivity contribution in [1.82, 2.24) is 4.90 Å². The van der Waals surface area contributed by atoms with Gasteiger partial charge in [0.1, 0.15) is 0 Å². The quantitative estimate of drug-likeness (QED) is 0.691. The number of amides is 1. The predicted octanol–water partition coefficient (Wildman–Crippen LogP) is 5.26. The van der Waals surface area contributed by atoms with Crippen LogP contribution in [0.5, 0.6) is 0 Å². The smallest absolute Gasteiger partial charge is 0.266 e. The molecule has 0 unspecified atom stereocenters. The maximum atomic E-state index is 12.7. The second-order valence-corrected chi connectivity index (χ2v) is 6.60. The average Bonchev–Trinajstić information content (AvgIpc) is 2.93. The van der Waals surface area contributed by atoms with Gasteiger partial charge in [-0.25, -0.2) is 4.99 Å². The highest BCUT2D eigenvalue weighted by molar-refractivity contribution is 8.18. The van der Waals surface area contributed by atoms with E-state index in [4.69, 9.17) is 0 Å². The molecule has 4 heteroatoms. The summed E-state index contributed by atoms with van der Waals surface area (Å²) < 4.78 is 0. The maximum Gasteiger partial charge on any atom is 0.266 e. The minimum Gasteiger partial charge on any atom is -0.286 e. The molecule has 3 rings (SSSR count). The molecular weight excluding hydrogens is 328 g/mol. The fraction of sp³-hybridized carbons (Fsp3) is 0.143. The maximum absolute atomic E-state index is 12.7. The van der Waals surface area contributed by atoms with Crippen molar-refractivity contribution in [3.63, 3.8) is 0 Å². The Kier molecular flexibility index (Phi) is 5.86. The van der Waals surface area contributed by atoms with Crippen LogP contribution < -0.4 is 0 Å². The Morgan fingerprint density at radius 1 is 1.04 bits per heavy atom. The largest absolute Gasteiger partial charge is 0.286 e. The van der Waals surface area contributed by atoms with E-state index < -0.39 is 0 Å². The Bertz CT molecular complexity index is 810. The van der Waals surface area contributed by atoms with Gasteiger partial charge < -0.3 is 0 Å². The minimum atomic E-state index is 0.0271. The van der Waals surface area contributed by atoms with Gasteiger partial charge in [-0.1, -0.05) is 67.6 Å². The van der Waals surface area contributed by atoms with E-state index in [-0.39, 0.29) is 5.91 Å². The molecule has 1 aliphatic heterocycles. The molecule has 0 N–H and O–H groups in total. The molecule has 0 radical (unpaired) electrons. The molecule has 0 spiro atoms. The number of hydrogen-bond acceptors (Lipinski definition) is 3. The number of rotatable bonds is 5. The third-order valence-electron chi connectivity index (χ3n) is 3.65. The lowest BCUT2D eigenvalue weighted by molar-refractivity contribution is -0.122. The Morgan fingerprint density at radius 3 is 2.40 bits per heavy atom. The van der Waals surface area contributed by atoms with Crippen LogP contribution in [0.2, 0.25) is 0 Å². The van der Waals surface area contributed by atoms with E-state index in [1.54, 1.807) is 4.90 Å². The molecule has 1 heterocycles. The number of aliphatic imine (C=N–C) groups is 1. The van der Waals surface area contributed by atoms with Gasteiger partial charge >= 0.3 is 0 Å². The number of thioether (sulfide) groups is 1. The van der Waals surface area contributed by atoms with E-state index in [1.807, 2.05) is 78.9 Å². The van der Waals surface area contributed by atoms with Crippen LogP contribution >= 0.6 is 11.8 Å². The fourth-order valence-electron chi connectivity index (χ4n) is 2.45. The number of carbonyl (C=O) groups is 1. The van der Waals surface area contributed by atoms with E-state index in [9.17, 15) is 4.79 Å². The second kappa shape index (κ2) is 8.49. The number of nitrogens with zero attached hydrogens (tertiary/aromatic N) is 2. The van der Waals surface area contributed by atoms with E-state index >= 15 is 0 Å². The van der Waals surface area contributed by atoms with Gasteiger partial charge in [0.05, 0.1) is 10.6 Å². The van der Waals surface area contributed by atoms with Crippen LogP contribution in [0.3, 0.4) is 0 Å². The van der Waals surface area contributed by atoms with Gasteiger partial charge in [0.2, 0.25) is 0 Å². The molecule has 0 atom stereocenters. The molecular formula is C21H20N2OS. The number of amidine groups is 1. The van der Waals surface area contributed by atoms with Crippen LogP contribution in [0.4, 0.5) is 5.69 Å². The standard InChI is InChI=1S/C21H20N2OS/c1-2-16-23-20(24)19(15-9-12-17-10-5-3-6-11-17)25-21(23)22-18-13-7-4-8-14-18/h3-15H,2,16H2,1H3/b12-9+,19-15+,22-21?. The van der Waals surface area contributed by atoms with Crippen LogP contribution in [0.15, 0.2) is 82.7 Å². The van der Waals surface area contributed by atoms with Crippen molar-refractivity contribution in [2.75, 3.05) is 6.54 Å². The first kappa shape index (κ1) is 17.2. The van der Waals surface area contributed by atoms with Crippen molar-refractivity contribution in [2.45, 2.75) is 13.3 Å². The first-order valence-corrected chi connectivity index (χ1v) is 9.16. The summed E-state index contributed by atoms with van der Waals surface area (Å²) in [6, 6.07) is 19.8. The normalized spacial score (nSPS) is 18.0. The highest BCUT2D eigenvalue weighted by Gasteiger charge is 2.32. The zero-order chi connectivity index (χ0) is 17.5. The van der Waals surface area contributed by atoms with Gasteiger partial charge in [-0.15, -0.1) is 0 Å². The molecule has 0 aromatic heterocycles. The van der Waals surface area contributed by atoms with Gasteiger partial charge in [-0.05, 0) is 42.0 Å². The Hall–Kier alpha value is -2.59. The second-order valence-electron chi connectivity index (χ2n) is 5.59. The number of para-hydroxylation sites is 1. The summed E-state index contributed by atoms with van der Waals surface area (Å²) in [5.74, 6) is 0.0271. The first-order valence-electron chi connectivity index (χ1n) is 8.35. The molecule has 126 valence electrons. The predicted molar refractivity (Wildman–Crippen MR) is 107 cm³/mol.